The second-order valence-corrected chi connectivity index (χ2v) is 8.18. The first-order valence-corrected chi connectivity index (χ1v) is 8.89. The van der Waals surface area contributed by atoms with E-state index in [1.807, 2.05) is 11.9 Å². The van der Waals surface area contributed by atoms with Crippen molar-refractivity contribution in [2.24, 2.45) is 5.41 Å². The lowest BCUT2D eigenvalue weighted by Crippen LogP contribution is -2.54. The zero-order valence-corrected chi connectivity index (χ0v) is 15.3. The van der Waals surface area contributed by atoms with Gasteiger partial charge in [-0.15, -0.1) is 0 Å². The molecule has 0 heterocycles. The van der Waals surface area contributed by atoms with Gasteiger partial charge in [0, 0.05) is 32.5 Å². The standard InChI is InChI=1S/C18H30N2O4/c1-17(2,3)24-16(23)19-12-18(10-8-14(21)9-11-18)15(22)20(4)13-6-5-7-13/h13H,5-12H2,1-4H3,(H,19,23). The number of ketones is 1. The van der Waals surface area contributed by atoms with Crippen molar-refractivity contribution in [3.63, 3.8) is 0 Å². The van der Waals surface area contributed by atoms with Gasteiger partial charge >= 0.3 is 6.09 Å². The topological polar surface area (TPSA) is 75.7 Å². The maximum absolute atomic E-state index is 13.1. The first kappa shape index (κ1) is 18.7. The van der Waals surface area contributed by atoms with Crippen LogP contribution >= 0.6 is 0 Å². The van der Waals surface area contributed by atoms with Crippen LogP contribution in [0.2, 0.25) is 0 Å². The maximum atomic E-state index is 13.1. The Labute approximate surface area is 144 Å². The van der Waals surface area contributed by atoms with Gasteiger partial charge in [0.25, 0.3) is 0 Å². The number of carbonyl (C=O) groups excluding carboxylic acids is 3. The van der Waals surface area contributed by atoms with Crippen LogP contribution in [0.5, 0.6) is 0 Å². The Balaban J connectivity index is 2.04. The molecule has 6 nitrogen and oxygen atoms in total. The van der Waals surface area contributed by atoms with E-state index in [1.165, 1.54) is 0 Å². The molecular formula is C18H30N2O4. The Morgan fingerprint density at radius 3 is 2.29 bits per heavy atom. The van der Waals surface area contributed by atoms with E-state index in [0.717, 1.165) is 19.3 Å². The molecule has 0 radical (unpaired) electrons. The number of nitrogens with zero attached hydrogens (tertiary/aromatic N) is 1. The van der Waals surface area contributed by atoms with Gasteiger partial charge in [-0.05, 0) is 52.9 Å². The second kappa shape index (κ2) is 7.11. The van der Waals surface area contributed by atoms with Crippen LogP contribution in [0.4, 0.5) is 4.79 Å². The van der Waals surface area contributed by atoms with Crippen molar-refractivity contribution in [3.8, 4) is 0 Å². The summed E-state index contributed by atoms with van der Waals surface area (Å²) in [4.78, 5) is 38.5. The Kier molecular flexibility index (Phi) is 5.56. The van der Waals surface area contributed by atoms with Crippen LogP contribution in [0.15, 0.2) is 0 Å². The summed E-state index contributed by atoms with van der Waals surface area (Å²) in [5.74, 6) is 0.248. The van der Waals surface area contributed by atoms with Gasteiger partial charge in [0.15, 0.2) is 0 Å². The van der Waals surface area contributed by atoms with Crippen LogP contribution in [-0.4, -0.2) is 47.9 Å². The molecule has 2 rings (SSSR count). The van der Waals surface area contributed by atoms with E-state index in [-0.39, 0.29) is 18.2 Å². The van der Waals surface area contributed by atoms with E-state index in [1.54, 1.807) is 20.8 Å². The molecule has 136 valence electrons. The third kappa shape index (κ3) is 4.48. The predicted octanol–water partition coefficient (Wildman–Crippen LogP) is 2.65. The molecule has 1 N–H and O–H groups in total. The number of ether oxygens (including phenoxy) is 1. The fraction of sp³-hybridized carbons (Fsp3) is 0.833. The van der Waals surface area contributed by atoms with E-state index >= 15 is 0 Å². The minimum atomic E-state index is -0.685. The molecule has 2 amide bonds. The molecule has 0 aromatic rings. The first-order chi connectivity index (χ1) is 11.1. The van der Waals surface area contributed by atoms with Crippen LogP contribution < -0.4 is 5.32 Å². The van der Waals surface area contributed by atoms with Crippen molar-refractivity contribution in [3.05, 3.63) is 0 Å². The molecule has 0 aromatic carbocycles. The average molecular weight is 338 g/mol. The molecule has 0 atom stereocenters. The second-order valence-electron chi connectivity index (χ2n) is 8.18. The molecule has 0 spiro atoms. The predicted molar refractivity (Wildman–Crippen MR) is 90.6 cm³/mol. The third-order valence-corrected chi connectivity index (χ3v) is 5.13. The summed E-state index contributed by atoms with van der Waals surface area (Å²) >= 11 is 0. The van der Waals surface area contributed by atoms with Gasteiger partial charge in [0.1, 0.15) is 11.4 Å². The third-order valence-electron chi connectivity index (χ3n) is 5.13. The number of Topliss-reactive ketones (excluding diaryl/α,β-unsaturated/α-hetero) is 1. The molecule has 2 aliphatic rings. The molecular weight excluding hydrogens is 308 g/mol. The number of nitrogens with one attached hydrogen (secondary N) is 1. The van der Waals surface area contributed by atoms with Crippen LogP contribution in [0.3, 0.4) is 0 Å². The number of rotatable bonds is 4. The summed E-state index contributed by atoms with van der Waals surface area (Å²) in [6, 6.07) is 0.300. The summed E-state index contributed by atoms with van der Waals surface area (Å²) in [5, 5.41) is 2.76. The molecule has 0 saturated heterocycles. The molecule has 0 unspecified atom stereocenters. The quantitative estimate of drug-likeness (QED) is 0.855. The van der Waals surface area contributed by atoms with Crippen LogP contribution in [0.1, 0.15) is 65.7 Å². The Morgan fingerprint density at radius 2 is 1.83 bits per heavy atom. The van der Waals surface area contributed by atoms with E-state index in [0.29, 0.717) is 31.7 Å². The van der Waals surface area contributed by atoms with Crippen molar-refractivity contribution < 1.29 is 19.1 Å². The van der Waals surface area contributed by atoms with Gasteiger partial charge in [0.05, 0.1) is 5.41 Å². The average Bonchev–Trinajstić information content (AvgIpc) is 2.42. The number of hydrogen-bond acceptors (Lipinski definition) is 4. The van der Waals surface area contributed by atoms with Gasteiger partial charge < -0.3 is 15.0 Å². The van der Waals surface area contributed by atoms with E-state index < -0.39 is 17.1 Å². The molecule has 0 aliphatic heterocycles. The number of amides is 2. The highest BCUT2D eigenvalue weighted by Gasteiger charge is 2.45. The van der Waals surface area contributed by atoms with Crippen LogP contribution in [-0.2, 0) is 14.3 Å². The van der Waals surface area contributed by atoms with Gasteiger partial charge in [-0.1, -0.05) is 0 Å². The van der Waals surface area contributed by atoms with E-state index in [4.69, 9.17) is 4.74 Å². The summed E-state index contributed by atoms with van der Waals surface area (Å²) in [6.07, 6.45) is 4.52. The number of carbonyl (C=O) groups is 3. The van der Waals surface area contributed by atoms with Crippen molar-refractivity contribution in [2.75, 3.05) is 13.6 Å². The van der Waals surface area contributed by atoms with Crippen molar-refractivity contribution in [2.45, 2.75) is 77.4 Å². The smallest absolute Gasteiger partial charge is 0.407 e. The normalized spacial score (nSPS) is 20.9. The largest absolute Gasteiger partial charge is 0.444 e. The Bertz CT molecular complexity index is 496. The summed E-state index contributed by atoms with van der Waals surface area (Å²) in [6.45, 7) is 5.64. The maximum Gasteiger partial charge on any atom is 0.407 e. The Morgan fingerprint density at radius 1 is 1.25 bits per heavy atom. The van der Waals surface area contributed by atoms with Crippen molar-refractivity contribution in [1.82, 2.24) is 10.2 Å². The molecule has 24 heavy (non-hydrogen) atoms. The fourth-order valence-electron chi connectivity index (χ4n) is 3.34. The molecule has 2 aliphatic carbocycles. The monoisotopic (exact) mass is 338 g/mol. The van der Waals surface area contributed by atoms with Crippen molar-refractivity contribution in [1.29, 1.82) is 0 Å². The van der Waals surface area contributed by atoms with Gasteiger partial charge in [-0.25, -0.2) is 4.79 Å². The minimum absolute atomic E-state index is 0.0516. The van der Waals surface area contributed by atoms with E-state index in [2.05, 4.69) is 5.32 Å². The van der Waals surface area contributed by atoms with Gasteiger partial charge in [0.2, 0.25) is 5.91 Å². The Hall–Kier alpha value is -1.59. The van der Waals surface area contributed by atoms with E-state index in [9.17, 15) is 14.4 Å². The lowest BCUT2D eigenvalue weighted by atomic mass is 9.72. The lowest BCUT2D eigenvalue weighted by Gasteiger charge is -2.43. The highest BCUT2D eigenvalue weighted by Crippen LogP contribution is 2.38. The first-order valence-electron chi connectivity index (χ1n) is 8.89. The molecule has 0 aromatic heterocycles. The summed E-state index contributed by atoms with van der Waals surface area (Å²) < 4.78 is 5.27. The summed E-state index contributed by atoms with van der Waals surface area (Å²) in [7, 11) is 1.85. The number of hydrogen-bond donors (Lipinski definition) is 1. The lowest BCUT2D eigenvalue weighted by molar-refractivity contribution is -0.147. The van der Waals surface area contributed by atoms with Gasteiger partial charge in [-0.2, -0.15) is 0 Å². The zero-order valence-electron chi connectivity index (χ0n) is 15.3. The highest BCUT2D eigenvalue weighted by molar-refractivity contribution is 5.88. The van der Waals surface area contributed by atoms with Crippen LogP contribution in [0.25, 0.3) is 0 Å². The zero-order chi connectivity index (χ0) is 18.0. The summed E-state index contributed by atoms with van der Waals surface area (Å²) in [5.41, 5.74) is -1.26. The molecule has 0 bridgehead atoms. The minimum Gasteiger partial charge on any atom is -0.444 e. The fourth-order valence-corrected chi connectivity index (χ4v) is 3.34. The molecule has 2 saturated carbocycles. The van der Waals surface area contributed by atoms with Gasteiger partial charge in [-0.3, -0.25) is 9.59 Å². The molecule has 6 heteroatoms. The molecule has 2 fully saturated rings. The SMILES string of the molecule is CN(C(=O)C1(CNC(=O)OC(C)(C)C)CCC(=O)CC1)C1CCC1. The van der Waals surface area contributed by atoms with Crippen molar-refractivity contribution >= 4 is 17.8 Å². The van der Waals surface area contributed by atoms with Crippen LogP contribution in [0, 0.1) is 5.41 Å². The highest BCUT2D eigenvalue weighted by atomic mass is 16.6. The number of alkyl carbamates (subject to hydrolysis) is 1.